The first kappa shape index (κ1) is 19.3. The number of hydrogen-bond acceptors (Lipinski definition) is 9. The normalized spacial score (nSPS) is 30.0. The SMILES string of the molecule is CC(=O)O[C@@H]1[C@H](OC(C)=O)[C@H](C)S[C@@H](OC(C)=O)[C@H]1OC(C)=O. The van der Waals surface area contributed by atoms with E-state index in [1.165, 1.54) is 27.7 Å². The van der Waals surface area contributed by atoms with Gasteiger partial charge in [-0.05, 0) is 6.92 Å². The lowest BCUT2D eigenvalue weighted by Gasteiger charge is -2.42. The molecule has 130 valence electrons. The highest BCUT2D eigenvalue weighted by atomic mass is 32.2. The summed E-state index contributed by atoms with van der Waals surface area (Å²) in [7, 11) is 0. The number of carbonyl (C=O) groups is 4. The summed E-state index contributed by atoms with van der Waals surface area (Å²) in [5, 5.41) is -0.348. The second-order valence-electron chi connectivity index (χ2n) is 5.04. The minimum Gasteiger partial charge on any atom is -0.457 e. The van der Waals surface area contributed by atoms with E-state index >= 15 is 0 Å². The number of thioether (sulfide) groups is 1. The summed E-state index contributed by atoms with van der Waals surface area (Å²) in [5.41, 5.74) is -0.873. The molecule has 1 rings (SSSR count). The van der Waals surface area contributed by atoms with Gasteiger partial charge in [0.25, 0.3) is 0 Å². The van der Waals surface area contributed by atoms with Crippen molar-refractivity contribution in [1.82, 2.24) is 0 Å². The minimum atomic E-state index is -1.08. The summed E-state index contributed by atoms with van der Waals surface area (Å²) in [6, 6.07) is 0. The lowest BCUT2D eigenvalue weighted by Crippen LogP contribution is -2.57. The van der Waals surface area contributed by atoms with Crippen molar-refractivity contribution in [3.8, 4) is 0 Å². The maximum atomic E-state index is 11.4. The molecule has 0 saturated carbocycles. The molecule has 8 nitrogen and oxygen atoms in total. The summed E-state index contributed by atoms with van der Waals surface area (Å²) in [5.74, 6) is -2.41. The molecule has 0 N–H and O–H groups in total. The van der Waals surface area contributed by atoms with Crippen molar-refractivity contribution in [3.63, 3.8) is 0 Å². The second-order valence-corrected chi connectivity index (χ2v) is 6.52. The fourth-order valence-corrected chi connectivity index (χ4v) is 3.57. The molecular formula is C14H20O8S. The number of hydrogen-bond donors (Lipinski definition) is 0. The number of esters is 4. The van der Waals surface area contributed by atoms with E-state index in [0.29, 0.717) is 0 Å². The van der Waals surface area contributed by atoms with Crippen molar-refractivity contribution in [2.75, 3.05) is 0 Å². The van der Waals surface area contributed by atoms with Crippen molar-refractivity contribution in [1.29, 1.82) is 0 Å². The van der Waals surface area contributed by atoms with Crippen LogP contribution in [0.4, 0.5) is 0 Å². The van der Waals surface area contributed by atoms with Crippen molar-refractivity contribution in [2.45, 2.75) is 63.6 Å². The Morgan fingerprint density at radius 3 is 1.48 bits per heavy atom. The van der Waals surface area contributed by atoms with Crippen LogP contribution in [-0.2, 0) is 38.1 Å². The molecule has 0 aromatic heterocycles. The molecule has 1 saturated heterocycles. The molecule has 1 heterocycles. The van der Waals surface area contributed by atoms with Crippen LogP contribution in [-0.4, -0.2) is 52.9 Å². The van der Waals surface area contributed by atoms with Gasteiger partial charge in [0, 0.05) is 32.9 Å². The van der Waals surface area contributed by atoms with Crippen LogP contribution < -0.4 is 0 Å². The van der Waals surface area contributed by atoms with Crippen LogP contribution in [0.3, 0.4) is 0 Å². The van der Waals surface area contributed by atoms with E-state index in [0.717, 1.165) is 11.8 Å². The first-order valence-corrected chi connectivity index (χ1v) is 7.90. The summed E-state index contributed by atoms with van der Waals surface area (Å²) < 4.78 is 20.7. The van der Waals surface area contributed by atoms with Crippen LogP contribution >= 0.6 is 11.8 Å². The quantitative estimate of drug-likeness (QED) is 0.539. The molecule has 23 heavy (non-hydrogen) atoms. The summed E-state index contributed by atoms with van der Waals surface area (Å²) in [6.07, 6.45) is -2.98. The highest BCUT2D eigenvalue weighted by molar-refractivity contribution is 8.00. The van der Waals surface area contributed by atoms with Crippen LogP contribution in [0.15, 0.2) is 0 Å². The van der Waals surface area contributed by atoms with Crippen LogP contribution in [0.1, 0.15) is 34.6 Å². The molecule has 0 radical (unpaired) electrons. The van der Waals surface area contributed by atoms with E-state index in [4.69, 9.17) is 18.9 Å². The Bertz CT molecular complexity index is 491. The predicted molar refractivity (Wildman–Crippen MR) is 79.3 cm³/mol. The van der Waals surface area contributed by atoms with Crippen LogP contribution in [0.2, 0.25) is 0 Å². The number of rotatable bonds is 4. The minimum absolute atomic E-state index is 0.348. The van der Waals surface area contributed by atoms with Crippen LogP contribution in [0, 0.1) is 0 Å². The predicted octanol–water partition coefficient (Wildman–Crippen LogP) is 0.806. The third-order valence-corrected chi connectivity index (χ3v) is 4.25. The molecule has 0 aromatic carbocycles. The van der Waals surface area contributed by atoms with Gasteiger partial charge in [-0.2, -0.15) is 0 Å². The molecule has 0 aliphatic carbocycles. The van der Waals surface area contributed by atoms with Crippen molar-refractivity contribution in [3.05, 3.63) is 0 Å². The van der Waals surface area contributed by atoms with Gasteiger partial charge in [-0.25, -0.2) is 0 Å². The Hall–Kier alpha value is -1.77. The average Bonchev–Trinajstić information content (AvgIpc) is 2.36. The Morgan fingerprint density at radius 1 is 0.652 bits per heavy atom. The second kappa shape index (κ2) is 8.19. The first-order valence-electron chi connectivity index (χ1n) is 6.96. The fraction of sp³-hybridized carbons (Fsp3) is 0.714. The molecular weight excluding hydrogens is 328 g/mol. The zero-order valence-corrected chi connectivity index (χ0v) is 14.4. The first-order chi connectivity index (χ1) is 10.6. The van der Waals surface area contributed by atoms with Gasteiger partial charge in [0.15, 0.2) is 23.7 Å². The zero-order chi connectivity index (χ0) is 17.7. The molecule has 0 unspecified atom stereocenters. The van der Waals surface area contributed by atoms with Crippen LogP contribution in [0.5, 0.6) is 0 Å². The maximum absolute atomic E-state index is 11.4. The van der Waals surface area contributed by atoms with Gasteiger partial charge in [0.05, 0.1) is 0 Å². The number of carbonyl (C=O) groups excluding carboxylic acids is 4. The van der Waals surface area contributed by atoms with Crippen molar-refractivity contribution in [2.24, 2.45) is 0 Å². The molecule has 0 amide bonds. The third-order valence-electron chi connectivity index (χ3n) is 2.92. The van der Waals surface area contributed by atoms with E-state index in [-0.39, 0.29) is 5.25 Å². The fourth-order valence-electron chi connectivity index (χ4n) is 2.23. The molecule has 9 heteroatoms. The zero-order valence-electron chi connectivity index (χ0n) is 13.6. The van der Waals surface area contributed by atoms with E-state index < -0.39 is 47.6 Å². The lowest BCUT2D eigenvalue weighted by atomic mass is 10.0. The standard InChI is InChI=1S/C14H20O8S/c1-6-11(19-7(2)15)12(20-8(3)16)13(21-9(4)17)14(23-6)22-10(5)18/h6,11-14H,1-5H3/t6-,11+,12+,13-,14+/m0/s1. The summed E-state index contributed by atoms with van der Waals surface area (Å²) in [6.45, 7) is 6.54. The van der Waals surface area contributed by atoms with E-state index in [2.05, 4.69) is 0 Å². The molecule has 0 bridgehead atoms. The summed E-state index contributed by atoms with van der Waals surface area (Å²) in [4.78, 5) is 45.3. The van der Waals surface area contributed by atoms with Crippen molar-refractivity contribution < 1.29 is 38.1 Å². The monoisotopic (exact) mass is 348 g/mol. The Morgan fingerprint density at radius 2 is 1.04 bits per heavy atom. The largest absolute Gasteiger partial charge is 0.457 e. The molecule has 1 aliphatic rings. The van der Waals surface area contributed by atoms with Gasteiger partial charge in [-0.1, -0.05) is 0 Å². The molecule has 0 spiro atoms. The van der Waals surface area contributed by atoms with Gasteiger partial charge in [0.1, 0.15) is 0 Å². The lowest BCUT2D eigenvalue weighted by molar-refractivity contribution is -0.193. The van der Waals surface area contributed by atoms with Crippen LogP contribution in [0.25, 0.3) is 0 Å². The molecule has 1 aliphatic heterocycles. The highest BCUT2D eigenvalue weighted by Crippen LogP contribution is 2.38. The molecule has 1 fully saturated rings. The molecule has 5 atom stereocenters. The van der Waals surface area contributed by atoms with Gasteiger partial charge in [0.2, 0.25) is 0 Å². The van der Waals surface area contributed by atoms with E-state index in [9.17, 15) is 19.2 Å². The van der Waals surface area contributed by atoms with Gasteiger partial charge < -0.3 is 18.9 Å². The third kappa shape index (κ3) is 5.74. The smallest absolute Gasteiger partial charge is 0.303 e. The topological polar surface area (TPSA) is 105 Å². The Labute approximate surface area is 138 Å². The van der Waals surface area contributed by atoms with E-state index in [1.807, 2.05) is 0 Å². The van der Waals surface area contributed by atoms with Crippen molar-refractivity contribution >= 4 is 35.6 Å². The Balaban J connectivity index is 3.15. The van der Waals surface area contributed by atoms with E-state index in [1.54, 1.807) is 6.92 Å². The summed E-state index contributed by atoms with van der Waals surface area (Å²) >= 11 is 1.16. The maximum Gasteiger partial charge on any atom is 0.303 e. The molecule has 0 aromatic rings. The number of ether oxygens (including phenoxy) is 4. The van der Waals surface area contributed by atoms with Gasteiger partial charge >= 0.3 is 23.9 Å². The average molecular weight is 348 g/mol. The highest BCUT2D eigenvalue weighted by Gasteiger charge is 2.51. The van der Waals surface area contributed by atoms with Gasteiger partial charge in [-0.15, -0.1) is 11.8 Å². The Kier molecular flexibility index (Phi) is 6.86. The van der Waals surface area contributed by atoms with Gasteiger partial charge in [-0.3, -0.25) is 19.2 Å².